The van der Waals surface area contributed by atoms with E-state index < -0.39 is 24.3 Å². The smallest absolute Gasteiger partial charge is 0.475 e. The summed E-state index contributed by atoms with van der Waals surface area (Å²) in [6, 6.07) is 11.5. The fourth-order valence-corrected chi connectivity index (χ4v) is 2.70. The van der Waals surface area contributed by atoms with Crippen molar-refractivity contribution in [3.05, 3.63) is 42.0 Å². The van der Waals surface area contributed by atoms with Crippen LogP contribution < -0.4 is 10.6 Å². The number of aliphatic carboxylic acids is 1. The van der Waals surface area contributed by atoms with Gasteiger partial charge in [0.15, 0.2) is 0 Å². The maximum absolute atomic E-state index is 12.3. The summed E-state index contributed by atoms with van der Waals surface area (Å²) in [6.45, 7) is 2.65. The Bertz CT molecular complexity index is 839. The van der Waals surface area contributed by atoms with Crippen molar-refractivity contribution in [1.82, 2.24) is 5.32 Å². The minimum Gasteiger partial charge on any atom is -0.475 e. The van der Waals surface area contributed by atoms with Gasteiger partial charge in [-0.2, -0.15) is 13.2 Å². The monoisotopic (exact) mass is 384 g/mol. The first kappa shape index (κ1) is 20.7. The van der Waals surface area contributed by atoms with Gasteiger partial charge >= 0.3 is 12.1 Å². The van der Waals surface area contributed by atoms with Gasteiger partial charge in [-0.05, 0) is 30.8 Å². The van der Waals surface area contributed by atoms with E-state index in [2.05, 4.69) is 10.6 Å². The van der Waals surface area contributed by atoms with E-state index in [-0.39, 0.29) is 5.91 Å². The lowest BCUT2D eigenvalue weighted by Crippen LogP contribution is -2.42. The van der Waals surface area contributed by atoms with Gasteiger partial charge in [0.1, 0.15) is 6.04 Å². The van der Waals surface area contributed by atoms with Crippen molar-refractivity contribution in [1.29, 1.82) is 0 Å². The molecular weight excluding hydrogens is 365 g/mol. The molecule has 6 nitrogen and oxygen atoms in total. The quantitative estimate of drug-likeness (QED) is 0.638. The Labute approximate surface area is 153 Å². The largest absolute Gasteiger partial charge is 0.490 e. The van der Waals surface area contributed by atoms with Crippen LogP contribution in [0.3, 0.4) is 0 Å². The lowest BCUT2D eigenvalue weighted by atomic mass is 10.0. The summed E-state index contributed by atoms with van der Waals surface area (Å²) < 4.78 is 31.7. The number of aryl methyl sites for hydroxylation is 1. The molecule has 0 spiro atoms. The third-order valence-corrected chi connectivity index (χ3v) is 4.10. The number of carboxylic acid groups (broad SMARTS) is 1. The van der Waals surface area contributed by atoms with Crippen LogP contribution in [0.1, 0.15) is 12.0 Å². The van der Waals surface area contributed by atoms with Gasteiger partial charge in [-0.3, -0.25) is 4.79 Å². The van der Waals surface area contributed by atoms with Crippen LogP contribution in [0, 0.1) is 6.92 Å². The molecule has 2 aromatic carbocycles. The highest BCUT2D eigenvalue weighted by Gasteiger charge is 2.38. The molecule has 3 rings (SSSR count). The number of hydrogen-bond acceptors (Lipinski definition) is 4. The topological polar surface area (TPSA) is 98.7 Å². The number of benzene rings is 2. The van der Waals surface area contributed by atoms with Crippen LogP contribution in [0.25, 0.3) is 10.8 Å². The maximum atomic E-state index is 12.3. The first-order valence-electron chi connectivity index (χ1n) is 8.12. The van der Waals surface area contributed by atoms with Gasteiger partial charge in [-0.15, -0.1) is 0 Å². The third kappa shape index (κ3) is 5.18. The number of amides is 1. The predicted octanol–water partition coefficient (Wildman–Crippen LogP) is 2.44. The molecule has 0 bridgehead atoms. The Hall–Kier alpha value is -2.65. The zero-order valence-electron chi connectivity index (χ0n) is 14.4. The number of carbonyl (C=O) groups is 2. The van der Waals surface area contributed by atoms with Crippen molar-refractivity contribution in [2.75, 3.05) is 11.9 Å². The van der Waals surface area contributed by atoms with Gasteiger partial charge in [0.25, 0.3) is 0 Å². The number of aliphatic hydroxyl groups is 1. The van der Waals surface area contributed by atoms with Crippen molar-refractivity contribution in [2.24, 2.45) is 0 Å². The van der Waals surface area contributed by atoms with Crippen molar-refractivity contribution < 1.29 is 33.0 Å². The number of carbonyl (C=O) groups excluding carboxylic acids is 1. The number of aliphatic hydroxyl groups excluding tert-OH is 1. The van der Waals surface area contributed by atoms with Crippen LogP contribution in [0.15, 0.2) is 36.4 Å². The minimum absolute atomic E-state index is 0.172. The zero-order valence-corrected chi connectivity index (χ0v) is 14.4. The number of fused-ring (bicyclic) bond motifs is 1. The summed E-state index contributed by atoms with van der Waals surface area (Å²) in [5, 5.41) is 25.0. The highest BCUT2D eigenvalue weighted by atomic mass is 19.4. The second-order valence-electron chi connectivity index (χ2n) is 6.06. The van der Waals surface area contributed by atoms with E-state index in [0.717, 1.165) is 22.0 Å². The molecule has 0 aromatic heterocycles. The number of anilines is 1. The van der Waals surface area contributed by atoms with E-state index in [1.54, 1.807) is 0 Å². The highest BCUT2D eigenvalue weighted by molar-refractivity contribution is 6.05. The molecule has 1 amide bonds. The second-order valence-corrected chi connectivity index (χ2v) is 6.06. The van der Waals surface area contributed by atoms with Crippen LogP contribution in [0.2, 0.25) is 0 Å². The summed E-state index contributed by atoms with van der Waals surface area (Å²) >= 11 is 0. The van der Waals surface area contributed by atoms with E-state index >= 15 is 0 Å². The molecule has 1 aliphatic heterocycles. The standard InChI is InChI=1S/C16H18N2O2.C2HF3O2/c1-10-6-7-11-4-2-3-5-12(11)14(10)18-16(20)15-13(19)8-9-17-15;3-2(4,5)1(6)7/h2-7,13,15,17,19H,8-9H2,1H3,(H,18,20);(H,6,7)/t13-,15+;/m1./s1. The lowest BCUT2D eigenvalue weighted by molar-refractivity contribution is -0.192. The molecular formula is C18H19F3N2O4. The minimum atomic E-state index is -5.08. The van der Waals surface area contributed by atoms with Crippen LogP contribution in [-0.4, -0.2) is 47.0 Å². The first-order valence-corrected chi connectivity index (χ1v) is 8.12. The molecule has 146 valence electrons. The molecule has 1 fully saturated rings. The Balaban J connectivity index is 0.000000321. The molecule has 0 radical (unpaired) electrons. The van der Waals surface area contributed by atoms with E-state index in [9.17, 15) is 23.1 Å². The summed E-state index contributed by atoms with van der Waals surface area (Å²) in [4.78, 5) is 21.2. The fourth-order valence-electron chi connectivity index (χ4n) is 2.70. The third-order valence-electron chi connectivity index (χ3n) is 4.10. The number of rotatable bonds is 2. The SMILES string of the molecule is Cc1ccc2ccccc2c1NC(=O)[C@H]1NCC[C@H]1O.O=C(O)C(F)(F)F. The van der Waals surface area contributed by atoms with Gasteiger partial charge in [-0.1, -0.05) is 36.4 Å². The number of carboxylic acids is 1. The first-order chi connectivity index (χ1) is 12.6. The molecule has 4 N–H and O–H groups in total. The summed E-state index contributed by atoms with van der Waals surface area (Å²) in [5.74, 6) is -2.93. The molecule has 2 aromatic rings. The van der Waals surface area contributed by atoms with Gasteiger partial charge < -0.3 is 20.8 Å². The number of nitrogens with one attached hydrogen (secondary N) is 2. The molecule has 2 atom stereocenters. The van der Waals surface area contributed by atoms with E-state index in [4.69, 9.17) is 9.90 Å². The van der Waals surface area contributed by atoms with Crippen molar-refractivity contribution in [3.8, 4) is 0 Å². The summed E-state index contributed by atoms with van der Waals surface area (Å²) in [6.07, 6.45) is -5.07. The molecule has 0 aliphatic carbocycles. The summed E-state index contributed by atoms with van der Waals surface area (Å²) in [7, 11) is 0. The molecule has 0 saturated carbocycles. The van der Waals surface area contributed by atoms with Crippen LogP contribution >= 0.6 is 0 Å². The normalized spacial score (nSPS) is 19.3. The fraction of sp³-hybridized carbons (Fsp3) is 0.333. The number of halogens is 3. The molecule has 0 unspecified atom stereocenters. The van der Waals surface area contributed by atoms with Gasteiger partial charge in [0.05, 0.1) is 11.8 Å². The van der Waals surface area contributed by atoms with Crippen molar-refractivity contribution in [3.63, 3.8) is 0 Å². The number of hydrogen-bond donors (Lipinski definition) is 4. The molecule has 1 heterocycles. The van der Waals surface area contributed by atoms with Gasteiger partial charge in [0.2, 0.25) is 5.91 Å². The van der Waals surface area contributed by atoms with Crippen LogP contribution in [-0.2, 0) is 9.59 Å². The Morgan fingerprint density at radius 2 is 1.81 bits per heavy atom. The summed E-state index contributed by atoms with van der Waals surface area (Å²) in [5.41, 5.74) is 1.85. The molecule has 1 saturated heterocycles. The average Bonchev–Trinajstić information content (AvgIpc) is 3.03. The number of alkyl halides is 3. The average molecular weight is 384 g/mol. The van der Waals surface area contributed by atoms with Crippen LogP contribution in [0.4, 0.5) is 18.9 Å². The highest BCUT2D eigenvalue weighted by Crippen LogP contribution is 2.27. The molecule has 9 heteroatoms. The lowest BCUT2D eigenvalue weighted by Gasteiger charge is -2.17. The zero-order chi connectivity index (χ0) is 20.2. The van der Waals surface area contributed by atoms with Gasteiger partial charge in [-0.25, -0.2) is 4.79 Å². The molecule has 27 heavy (non-hydrogen) atoms. The Kier molecular flexibility index (Phi) is 6.40. The van der Waals surface area contributed by atoms with E-state index in [1.807, 2.05) is 43.3 Å². The van der Waals surface area contributed by atoms with E-state index in [0.29, 0.717) is 13.0 Å². The molecule has 1 aliphatic rings. The van der Waals surface area contributed by atoms with Crippen molar-refractivity contribution in [2.45, 2.75) is 31.7 Å². The van der Waals surface area contributed by atoms with Crippen LogP contribution in [0.5, 0.6) is 0 Å². The maximum Gasteiger partial charge on any atom is 0.490 e. The second kappa shape index (κ2) is 8.36. The van der Waals surface area contributed by atoms with Gasteiger partial charge in [0, 0.05) is 5.39 Å². The Morgan fingerprint density at radius 1 is 1.19 bits per heavy atom. The van der Waals surface area contributed by atoms with E-state index in [1.165, 1.54) is 0 Å². The predicted molar refractivity (Wildman–Crippen MR) is 93.4 cm³/mol. The Morgan fingerprint density at radius 3 is 2.37 bits per heavy atom. The van der Waals surface area contributed by atoms with Crippen molar-refractivity contribution >= 4 is 28.3 Å².